The molecule has 0 saturated heterocycles. The molecule has 1 N–H and O–H groups in total. The largest absolute Gasteiger partial charge is 0.370 e. The van der Waals surface area contributed by atoms with Gasteiger partial charge in [0.05, 0.1) is 10.6 Å². The number of carbonyl (C=O) groups is 1. The molecule has 20 heavy (non-hydrogen) atoms. The molecule has 0 saturated carbocycles. The van der Waals surface area contributed by atoms with E-state index in [2.05, 4.69) is 38.0 Å². The Kier molecular flexibility index (Phi) is 5.81. The van der Waals surface area contributed by atoms with Gasteiger partial charge in [-0.3, -0.25) is 4.79 Å². The van der Waals surface area contributed by atoms with Gasteiger partial charge in [0.25, 0.3) is 5.91 Å². The highest BCUT2D eigenvalue weighted by molar-refractivity contribution is 6.33. The average molecular weight is 298 g/mol. The minimum absolute atomic E-state index is 0.0488. The van der Waals surface area contributed by atoms with Gasteiger partial charge in [-0.1, -0.05) is 39.3 Å². The van der Waals surface area contributed by atoms with Crippen molar-refractivity contribution in [1.29, 1.82) is 0 Å². The topological polar surface area (TPSA) is 45.2 Å². The first-order chi connectivity index (χ1) is 9.24. The summed E-state index contributed by atoms with van der Waals surface area (Å²) in [5, 5.41) is 3.55. The SMILES string of the molecule is CCCNc1cc(C(=O)N(C)CC(C)(C)C)c(Cl)cn1. The van der Waals surface area contributed by atoms with Crippen LogP contribution in [-0.4, -0.2) is 35.9 Å². The minimum atomic E-state index is -0.0770. The fourth-order valence-corrected chi connectivity index (χ4v) is 2.13. The van der Waals surface area contributed by atoms with Gasteiger partial charge in [0.15, 0.2) is 0 Å². The minimum Gasteiger partial charge on any atom is -0.370 e. The number of rotatable bonds is 5. The summed E-state index contributed by atoms with van der Waals surface area (Å²) in [4.78, 5) is 18.3. The molecule has 0 bridgehead atoms. The fourth-order valence-electron chi connectivity index (χ4n) is 1.94. The van der Waals surface area contributed by atoms with Crippen LogP contribution in [0.5, 0.6) is 0 Å². The number of nitrogens with one attached hydrogen (secondary N) is 1. The molecule has 0 fully saturated rings. The summed E-state index contributed by atoms with van der Waals surface area (Å²) in [5.41, 5.74) is 0.541. The number of hydrogen-bond donors (Lipinski definition) is 1. The molecule has 0 spiro atoms. The first kappa shape index (κ1) is 16.8. The zero-order valence-corrected chi connectivity index (χ0v) is 13.7. The number of pyridine rings is 1. The maximum absolute atomic E-state index is 12.5. The molecule has 1 amide bonds. The third kappa shape index (κ3) is 5.00. The Morgan fingerprint density at radius 3 is 2.65 bits per heavy atom. The van der Waals surface area contributed by atoms with Gasteiger partial charge in [-0.05, 0) is 17.9 Å². The third-order valence-corrected chi connectivity index (χ3v) is 3.00. The van der Waals surface area contributed by atoms with Gasteiger partial charge >= 0.3 is 0 Å². The van der Waals surface area contributed by atoms with E-state index in [9.17, 15) is 4.79 Å². The molecule has 0 aliphatic heterocycles. The molecule has 5 heteroatoms. The van der Waals surface area contributed by atoms with E-state index < -0.39 is 0 Å². The van der Waals surface area contributed by atoms with Crippen LogP contribution in [0, 0.1) is 5.41 Å². The summed E-state index contributed by atoms with van der Waals surface area (Å²) in [7, 11) is 1.80. The average Bonchev–Trinajstić information content (AvgIpc) is 2.35. The molecule has 0 aliphatic rings. The second-order valence-electron chi connectivity index (χ2n) is 6.20. The number of nitrogens with zero attached hydrogens (tertiary/aromatic N) is 2. The number of aromatic nitrogens is 1. The standard InChI is InChI=1S/C15H24ClN3O/c1-6-7-17-13-8-11(12(16)9-18-13)14(20)19(5)10-15(2,3)4/h8-9H,6-7,10H2,1-5H3,(H,17,18). The second kappa shape index (κ2) is 6.93. The smallest absolute Gasteiger partial charge is 0.255 e. The summed E-state index contributed by atoms with van der Waals surface area (Å²) in [6, 6.07) is 1.72. The summed E-state index contributed by atoms with van der Waals surface area (Å²) in [5.74, 6) is 0.607. The van der Waals surface area contributed by atoms with E-state index in [1.165, 1.54) is 6.20 Å². The first-order valence-corrected chi connectivity index (χ1v) is 7.27. The van der Waals surface area contributed by atoms with Crippen molar-refractivity contribution in [2.24, 2.45) is 5.41 Å². The van der Waals surface area contributed by atoms with E-state index in [1.54, 1.807) is 18.0 Å². The molecule has 1 aromatic heterocycles. The summed E-state index contributed by atoms with van der Waals surface area (Å²) in [6.07, 6.45) is 2.52. The van der Waals surface area contributed by atoms with Gasteiger partial charge in [-0.2, -0.15) is 0 Å². The molecule has 0 radical (unpaired) electrons. The lowest BCUT2D eigenvalue weighted by atomic mass is 9.96. The van der Waals surface area contributed by atoms with E-state index in [0.717, 1.165) is 13.0 Å². The maximum Gasteiger partial charge on any atom is 0.255 e. The second-order valence-corrected chi connectivity index (χ2v) is 6.61. The molecule has 0 aliphatic carbocycles. The molecular weight excluding hydrogens is 274 g/mol. The Morgan fingerprint density at radius 1 is 1.45 bits per heavy atom. The van der Waals surface area contributed by atoms with Crippen LogP contribution in [0.3, 0.4) is 0 Å². The summed E-state index contributed by atoms with van der Waals surface area (Å²) in [6.45, 7) is 9.85. The number of amides is 1. The van der Waals surface area contributed by atoms with Gasteiger partial charge < -0.3 is 10.2 Å². The highest BCUT2D eigenvalue weighted by Gasteiger charge is 2.21. The van der Waals surface area contributed by atoms with Gasteiger partial charge in [0.2, 0.25) is 0 Å². The zero-order valence-electron chi connectivity index (χ0n) is 13.0. The molecule has 1 aromatic rings. The van der Waals surface area contributed by atoms with Crippen LogP contribution >= 0.6 is 11.6 Å². The third-order valence-electron chi connectivity index (χ3n) is 2.70. The van der Waals surface area contributed by atoms with E-state index in [0.29, 0.717) is 22.9 Å². The van der Waals surface area contributed by atoms with Crippen LogP contribution in [0.15, 0.2) is 12.3 Å². The Morgan fingerprint density at radius 2 is 2.10 bits per heavy atom. The fraction of sp³-hybridized carbons (Fsp3) is 0.600. The lowest BCUT2D eigenvalue weighted by Gasteiger charge is -2.27. The lowest BCUT2D eigenvalue weighted by molar-refractivity contribution is 0.0746. The normalized spacial score (nSPS) is 11.3. The van der Waals surface area contributed by atoms with Crippen molar-refractivity contribution in [3.63, 3.8) is 0 Å². The van der Waals surface area contributed by atoms with Crippen LogP contribution in [0.25, 0.3) is 0 Å². The van der Waals surface area contributed by atoms with Gasteiger partial charge in [0, 0.05) is 26.3 Å². The van der Waals surface area contributed by atoms with Crippen LogP contribution in [0.2, 0.25) is 5.02 Å². The van der Waals surface area contributed by atoms with E-state index in [-0.39, 0.29) is 11.3 Å². The lowest BCUT2D eigenvalue weighted by Crippen LogP contribution is -2.34. The van der Waals surface area contributed by atoms with Crippen molar-refractivity contribution in [3.05, 3.63) is 22.8 Å². The Hall–Kier alpha value is -1.29. The van der Waals surface area contributed by atoms with E-state index in [4.69, 9.17) is 11.6 Å². The number of anilines is 1. The number of carbonyl (C=O) groups excluding carboxylic acids is 1. The summed E-state index contributed by atoms with van der Waals surface area (Å²) >= 11 is 6.10. The number of hydrogen-bond acceptors (Lipinski definition) is 3. The molecule has 0 aromatic carbocycles. The van der Waals surface area contributed by atoms with E-state index in [1.807, 2.05) is 0 Å². The van der Waals surface area contributed by atoms with Gasteiger partial charge in [-0.15, -0.1) is 0 Å². The highest BCUT2D eigenvalue weighted by atomic mass is 35.5. The predicted molar refractivity (Wildman–Crippen MR) is 84.4 cm³/mol. The molecule has 1 heterocycles. The predicted octanol–water partition coefficient (Wildman–Crippen LogP) is 3.68. The monoisotopic (exact) mass is 297 g/mol. The van der Waals surface area contributed by atoms with Gasteiger partial charge in [-0.25, -0.2) is 4.98 Å². The van der Waals surface area contributed by atoms with Crippen molar-refractivity contribution in [2.75, 3.05) is 25.5 Å². The molecule has 4 nitrogen and oxygen atoms in total. The van der Waals surface area contributed by atoms with Crippen LogP contribution in [0.1, 0.15) is 44.5 Å². The highest BCUT2D eigenvalue weighted by Crippen LogP contribution is 2.22. The Balaban J connectivity index is 2.91. The Labute approximate surface area is 126 Å². The Bertz CT molecular complexity index is 469. The molecule has 0 unspecified atom stereocenters. The van der Waals surface area contributed by atoms with Crippen LogP contribution < -0.4 is 5.32 Å². The van der Waals surface area contributed by atoms with Crippen molar-refractivity contribution in [3.8, 4) is 0 Å². The molecule has 1 rings (SSSR count). The van der Waals surface area contributed by atoms with Crippen molar-refractivity contribution in [1.82, 2.24) is 9.88 Å². The van der Waals surface area contributed by atoms with Crippen LogP contribution in [0.4, 0.5) is 5.82 Å². The molecule has 112 valence electrons. The van der Waals surface area contributed by atoms with E-state index >= 15 is 0 Å². The van der Waals surface area contributed by atoms with Crippen molar-refractivity contribution in [2.45, 2.75) is 34.1 Å². The molecular formula is C15H24ClN3O. The van der Waals surface area contributed by atoms with Crippen molar-refractivity contribution < 1.29 is 4.79 Å². The van der Waals surface area contributed by atoms with Gasteiger partial charge in [0.1, 0.15) is 5.82 Å². The quantitative estimate of drug-likeness (QED) is 0.902. The first-order valence-electron chi connectivity index (χ1n) is 6.89. The molecule has 0 atom stereocenters. The summed E-state index contributed by atoms with van der Waals surface area (Å²) < 4.78 is 0. The van der Waals surface area contributed by atoms with Crippen molar-refractivity contribution >= 4 is 23.3 Å². The zero-order chi connectivity index (χ0) is 15.3. The van der Waals surface area contributed by atoms with Crippen LogP contribution in [-0.2, 0) is 0 Å². The number of halogens is 1. The maximum atomic E-state index is 12.5.